The second-order valence-corrected chi connectivity index (χ2v) is 9.07. The third kappa shape index (κ3) is 4.52. The van der Waals surface area contributed by atoms with Gasteiger partial charge in [0.2, 0.25) is 5.95 Å². The van der Waals surface area contributed by atoms with Crippen LogP contribution >= 0.6 is 0 Å². The highest BCUT2D eigenvalue weighted by Crippen LogP contribution is 2.36. The van der Waals surface area contributed by atoms with Crippen LogP contribution in [-0.4, -0.2) is 44.9 Å². The molecule has 1 atom stereocenters. The van der Waals surface area contributed by atoms with E-state index in [1.54, 1.807) is 6.20 Å². The van der Waals surface area contributed by atoms with E-state index in [9.17, 15) is 9.90 Å². The maximum Gasteiger partial charge on any atom is 0.261 e. The summed E-state index contributed by atoms with van der Waals surface area (Å²) >= 11 is 0. The van der Waals surface area contributed by atoms with E-state index in [-0.39, 0.29) is 23.7 Å². The molecule has 2 fully saturated rings. The minimum Gasteiger partial charge on any atom is -0.393 e. The second-order valence-electron chi connectivity index (χ2n) is 9.07. The van der Waals surface area contributed by atoms with Crippen LogP contribution in [-0.2, 0) is 0 Å². The SMILES string of the molecule is CCC[C@H](C)Nc1ncc2c(=O)n(C3CCNCC3)cc(C3CCC(O)CC3)c2n1. The van der Waals surface area contributed by atoms with E-state index in [1.807, 2.05) is 4.57 Å². The number of anilines is 1. The molecule has 0 radical (unpaired) electrons. The van der Waals surface area contributed by atoms with Crippen LogP contribution in [0.3, 0.4) is 0 Å². The van der Waals surface area contributed by atoms with Crippen LogP contribution in [0, 0.1) is 0 Å². The zero-order valence-electron chi connectivity index (χ0n) is 18.2. The monoisotopic (exact) mass is 413 g/mol. The predicted molar refractivity (Wildman–Crippen MR) is 120 cm³/mol. The van der Waals surface area contributed by atoms with Crippen LogP contribution in [0.25, 0.3) is 10.9 Å². The Hall–Kier alpha value is -1.99. The maximum absolute atomic E-state index is 13.4. The average Bonchev–Trinajstić information content (AvgIpc) is 2.75. The fourth-order valence-corrected chi connectivity index (χ4v) is 5.00. The Labute approximate surface area is 178 Å². The number of rotatable bonds is 6. The van der Waals surface area contributed by atoms with Gasteiger partial charge in [-0.15, -0.1) is 0 Å². The fraction of sp³-hybridized carbons (Fsp3) is 0.696. The van der Waals surface area contributed by atoms with Crippen molar-refractivity contribution < 1.29 is 5.11 Å². The van der Waals surface area contributed by atoms with Crippen LogP contribution in [0.5, 0.6) is 0 Å². The molecule has 3 N–H and O–H groups in total. The van der Waals surface area contributed by atoms with Crippen molar-refractivity contribution in [3.63, 3.8) is 0 Å². The van der Waals surface area contributed by atoms with Crippen molar-refractivity contribution >= 4 is 16.9 Å². The van der Waals surface area contributed by atoms with Gasteiger partial charge in [-0.1, -0.05) is 13.3 Å². The maximum atomic E-state index is 13.4. The summed E-state index contributed by atoms with van der Waals surface area (Å²) in [5.41, 5.74) is 1.95. The van der Waals surface area contributed by atoms with E-state index in [2.05, 4.69) is 35.7 Å². The molecular formula is C23H35N5O2. The summed E-state index contributed by atoms with van der Waals surface area (Å²) in [4.78, 5) is 22.7. The van der Waals surface area contributed by atoms with E-state index >= 15 is 0 Å². The molecule has 164 valence electrons. The third-order valence-electron chi connectivity index (χ3n) is 6.74. The number of aliphatic hydroxyl groups excluding tert-OH is 1. The van der Waals surface area contributed by atoms with Crippen molar-refractivity contribution in [2.24, 2.45) is 0 Å². The van der Waals surface area contributed by atoms with Gasteiger partial charge in [0.25, 0.3) is 5.56 Å². The quantitative estimate of drug-likeness (QED) is 0.673. The number of fused-ring (bicyclic) bond motifs is 1. The number of hydrogen-bond acceptors (Lipinski definition) is 6. The number of nitrogens with one attached hydrogen (secondary N) is 2. The number of piperidine rings is 1. The third-order valence-corrected chi connectivity index (χ3v) is 6.74. The second kappa shape index (κ2) is 9.43. The first-order valence-electron chi connectivity index (χ1n) is 11.6. The molecule has 1 aliphatic heterocycles. The van der Waals surface area contributed by atoms with Crippen molar-refractivity contribution in [3.8, 4) is 0 Å². The summed E-state index contributed by atoms with van der Waals surface area (Å²) in [5, 5.41) is 17.4. The van der Waals surface area contributed by atoms with Crippen LogP contribution < -0.4 is 16.2 Å². The molecule has 1 aliphatic carbocycles. The van der Waals surface area contributed by atoms with Crippen LogP contribution in [0.4, 0.5) is 5.95 Å². The molecule has 0 amide bonds. The molecule has 1 saturated heterocycles. The molecule has 7 heteroatoms. The van der Waals surface area contributed by atoms with Crippen molar-refractivity contribution in [2.45, 2.75) is 89.3 Å². The molecule has 7 nitrogen and oxygen atoms in total. The highest BCUT2D eigenvalue weighted by atomic mass is 16.3. The van der Waals surface area contributed by atoms with Crippen LogP contribution in [0.1, 0.15) is 82.7 Å². The van der Waals surface area contributed by atoms with Crippen molar-refractivity contribution in [2.75, 3.05) is 18.4 Å². The number of hydrogen-bond donors (Lipinski definition) is 3. The summed E-state index contributed by atoms with van der Waals surface area (Å²) < 4.78 is 1.94. The van der Waals surface area contributed by atoms with Crippen molar-refractivity contribution in [1.29, 1.82) is 0 Å². The lowest BCUT2D eigenvalue weighted by molar-refractivity contribution is 0.122. The van der Waals surface area contributed by atoms with Crippen molar-refractivity contribution in [3.05, 3.63) is 28.3 Å². The molecule has 2 aliphatic rings. The zero-order valence-corrected chi connectivity index (χ0v) is 18.2. The number of pyridine rings is 1. The summed E-state index contributed by atoms with van der Waals surface area (Å²) in [5.74, 6) is 0.917. The van der Waals surface area contributed by atoms with Gasteiger partial charge in [0, 0.05) is 24.5 Å². The Bertz CT molecular complexity index is 914. The van der Waals surface area contributed by atoms with Gasteiger partial charge in [-0.05, 0) is 76.4 Å². The number of nitrogens with zero attached hydrogens (tertiary/aromatic N) is 3. The van der Waals surface area contributed by atoms with Gasteiger partial charge in [-0.25, -0.2) is 9.97 Å². The first-order valence-corrected chi connectivity index (χ1v) is 11.6. The summed E-state index contributed by atoms with van der Waals surface area (Å²) in [6.45, 7) is 6.18. The first-order chi connectivity index (χ1) is 14.6. The Morgan fingerprint density at radius 3 is 2.67 bits per heavy atom. The summed E-state index contributed by atoms with van der Waals surface area (Å²) in [6, 6.07) is 0.509. The lowest BCUT2D eigenvalue weighted by Gasteiger charge is -2.29. The van der Waals surface area contributed by atoms with Gasteiger partial charge in [0.05, 0.1) is 17.0 Å². The Kier molecular flexibility index (Phi) is 6.68. The smallest absolute Gasteiger partial charge is 0.261 e. The molecule has 0 spiro atoms. The molecule has 3 heterocycles. The van der Waals surface area contributed by atoms with Gasteiger partial charge in [0.1, 0.15) is 0 Å². The highest BCUT2D eigenvalue weighted by molar-refractivity contribution is 5.81. The topological polar surface area (TPSA) is 92.1 Å². The lowest BCUT2D eigenvalue weighted by atomic mass is 9.82. The number of aromatic nitrogens is 3. The molecule has 0 bridgehead atoms. The molecule has 2 aromatic rings. The van der Waals surface area contributed by atoms with Gasteiger partial charge in [-0.3, -0.25) is 4.79 Å². The van der Waals surface area contributed by atoms with Gasteiger partial charge < -0.3 is 20.3 Å². The lowest BCUT2D eigenvalue weighted by Crippen LogP contribution is -2.35. The average molecular weight is 414 g/mol. The molecule has 30 heavy (non-hydrogen) atoms. The van der Waals surface area contributed by atoms with Gasteiger partial charge in [-0.2, -0.15) is 0 Å². The highest BCUT2D eigenvalue weighted by Gasteiger charge is 2.26. The van der Waals surface area contributed by atoms with E-state index < -0.39 is 0 Å². The van der Waals surface area contributed by atoms with E-state index in [0.29, 0.717) is 17.3 Å². The normalized spacial score (nSPS) is 24.1. The molecule has 1 saturated carbocycles. The van der Waals surface area contributed by atoms with Gasteiger partial charge >= 0.3 is 0 Å². The minimum atomic E-state index is -0.204. The van der Waals surface area contributed by atoms with Gasteiger partial charge in [0.15, 0.2) is 0 Å². The summed E-state index contributed by atoms with van der Waals surface area (Å²) in [7, 11) is 0. The summed E-state index contributed by atoms with van der Waals surface area (Å²) in [6.07, 6.45) is 11.1. The van der Waals surface area contributed by atoms with E-state index in [0.717, 1.165) is 75.5 Å². The Morgan fingerprint density at radius 1 is 1.23 bits per heavy atom. The zero-order chi connectivity index (χ0) is 21.1. The van der Waals surface area contributed by atoms with E-state index in [1.165, 1.54) is 0 Å². The molecule has 0 aromatic carbocycles. The van der Waals surface area contributed by atoms with E-state index in [4.69, 9.17) is 4.98 Å². The van der Waals surface area contributed by atoms with Crippen LogP contribution in [0.15, 0.2) is 17.2 Å². The molecule has 2 aromatic heterocycles. The molecule has 4 rings (SSSR count). The Balaban J connectivity index is 1.78. The standard InChI is InChI=1S/C23H35N5O2/c1-3-4-15(2)26-23-25-13-19-21(27-23)20(16-5-7-18(29)8-6-16)14-28(22(19)30)17-9-11-24-12-10-17/h13-18,24,29H,3-12H2,1-2H3,(H,25,26,27)/t15-,16?,18?/m0/s1. The predicted octanol–water partition coefficient (Wildman–Crippen LogP) is 3.34. The largest absolute Gasteiger partial charge is 0.393 e. The van der Waals surface area contributed by atoms with Crippen LogP contribution in [0.2, 0.25) is 0 Å². The molecular weight excluding hydrogens is 378 g/mol. The first kappa shape index (κ1) is 21.2. The Morgan fingerprint density at radius 2 is 1.97 bits per heavy atom. The number of aliphatic hydroxyl groups is 1. The minimum absolute atomic E-state index is 0.0182. The fourth-order valence-electron chi connectivity index (χ4n) is 5.00. The van der Waals surface area contributed by atoms with Crippen molar-refractivity contribution in [1.82, 2.24) is 19.9 Å². The molecule has 0 unspecified atom stereocenters.